The van der Waals surface area contributed by atoms with E-state index in [-0.39, 0.29) is 24.4 Å². The highest BCUT2D eigenvalue weighted by Crippen LogP contribution is 2.46. The predicted molar refractivity (Wildman–Crippen MR) is 106 cm³/mol. The van der Waals surface area contributed by atoms with Crippen molar-refractivity contribution in [2.24, 2.45) is 11.3 Å². The van der Waals surface area contributed by atoms with Crippen LogP contribution < -0.4 is 10.6 Å². The molecule has 1 saturated heterocycles. The Morgan fingerprint density at radius 3 is 2.64 bits per heavy atom. The van der Waals surface area contributed by atoms with E-state index in [1.165, 1.54) is 0 Å². The quantitative estimate of drug-likeness (QED) is 0.623. The molecular formula is C22H27N3O3. The number of urea groups is 1. The number of hydrogen-bond acceptors (Lipinski definition) is 3. The van der Waals surface area contributed by atoms with Gasteiger partial charge in [0.15, 0.2) is 0 Å². The van der Waals surface area contributed by atoms with Gasteiger partial charge in [-0.05, 0) is 42.7 Å². The monoisotopic (exact) mass is 381 g/mol. The van der Waals surface area contributed by atoms with E-state index in [9.17, 15) is 14.4 Å². The van der Waals surface area contributed by atoms with Crippen LogP contribution in [0.3, 0.4) is 0 Å². The van der Waals surface area contributed by atoms with Crippen LogP contribution in [-0.2, 0) is 9.59 Å². The molecule has 2 atom stereocenters. The SMILES string of the molecule is C[C@H]1CC(C)(C)C[C@@]2(C1)NC(=O)N(CC(=O)NCC#Cc1ccccc1)C2=O. The molecule has 1 aliphatic heterocycles. The number of amides is 4. The molecule has 148 valence electrons. The first-order chi connectivity index (χ1) is 13.2. The molecular weight excluding hydrogens is 354 g/mol. The van der Waals surface area contributed by atoms with Crippen LogP contribution in [0.15, 0.2) is 30.3 Å². The van der Waals surface area contributed by atoms with Crippen LogP contribution in [0.4, 0.5) is 4.79 Å². The molecule has 6 heteroatoms. The van der Waals surface area contributed by atoms with Gasteiger partial charge < -0.3 is 10.6 Å². The van der Waals surface area contributed by atoms with Crippen LogP contribution in [-0.4, -0.2) is 41.4 Å². The van der Waals surface area contributed by atoms with E-state index in [4.69, 9.17) is 0 Å². The van der Waals surface area contributed by atoms with Crippen LogP contribution >= 0.6 is 0 Å². The number of nitrogens with one attached hydrogen (secondary N) is 2. The zero-order valence-corrected chi connectivity index (χ0v) is 16.7. The van der Waals surface area contributed by atoms with Crippen LogP contribution in [0.1, 0.15) is 45.6 Å². The Kier molecular flexibility index (Phi) is 5.46. The fourth-order valence-corrected chi connectivity index (χ4v) is 4.66. The van der Waals surface area contributed by atoms with E-state index >= 15 is 0 Å². The Morgan fingerprint density at radius 1 is 1.25 bits per heavy atom. The molecule has 1 heterocycles. The number of nitrogens with zero attached hydrogens (tertiary/aromatic N) is 1. The Labute approximate surface area is 166 Å². The van der Waals surface area contributed by atoms with E-state index in [2.05, 4.69) is 43.2 Å². The number of hydrogen-bond donors (Lipinski definition) is 2. The molecule has 28 heavy (non-hydrogen) atoms. The zero-order valence-electron chi connectivity index (χ0n) is 16.7. The highest BCUT2D eigenvalue weighted by Gasteiger charge is 2.56. The third-order valence-electron chi connectivity index (χ3n) is 5.31. The first-order valence-electron chi connectivity index (χ1n) is 9.66. The summed E-state index contributed by atoms with van der Waals surface area (Å²) in [6.07, 6.45) is 2.22. The maximum Gasteiger partial charge on any atom is 0.325 e. The molecule has 1 aliphatic carbocycles. The second-order valence-electron chi connectivity index (χ2n) is 8.70. The fourth-order valence-electron chi connectivity index (χ4n) is 4.66. The van der Waals surface area contributed by atoms with Crippen molar-refractivity contribution in [2.75, 3.05) is 13.1 Å². The molecule has 6 nitrogen and oxygen atoms in total. The van der Waals surface area contributed by atoms with Gasteiger partial charge in [-0.3, -0.25) is 14.5 Å². The number of imide groups is 1. The van der Waals surface area contributed by atoms with E-state index in [0.717, 1.165) is 16.9 Å². The van der Waals surface area contributed by atoms with Crippen LogP contribution in [0.2, 0.25) is 0 Å². The zero-order chi connectivity index (χ0) is 20.4. The number of benzene rings is 1. The van der Waals surface area contributed by atoms with Crippen molar-refractivity contribution in [3.63, 3.8) is 0 Å². The lowest BCUT2D eigenvalue weighted by Crippen LogP contribution is -2.54. The fraction of sp³-hybridized carbons (Fsp3) is 0.500. The van der Waals surface area contributed by atoms with Gasteiger partial charge in [-0.2, -0.15) is 0 Å². The summed E-state index contributed by atoms with van der Waals surface area (Å²) in [5.74, 6) is 5.46. The first-order valence-corrected chi connectivity index (χ1v) is 9.66. The molecule has 1 aromatic carbocycles. The normalized spacial score (nSPS) is 25.8. The maximum absolute atomic E-state index is 13.0. The average Bonchev–Trinajstić information content (AvgIpc) is 2.81. The van der Waals surface area contributed by atoms with Crippen LogP contribution in [0, 0.1) is 23.2 Å². The maximum atomic E-state index is 13.0. The van der Waals surface area contributed by atoms with E-state index in [1.54, 1.807) is 0 Å². The summed E-state index contributed by atoms with van der Waals surface area (Å²) in [6.45, 7) is 6.21. The summed E-state index contributed by atoms with van der Waals surface area (Å²) in [5.41, 5.74) is -0.0563. The van der Waals surface area contributed by atoms with Gasteiger partial charge in [0.05, 0.1) is 6.54 Å². The number of rotatable bonds is 3. The molecule has 1 saturated carbocycles. The van der Waals surface area contributed by atoms with Gasteiger partial charge in [0.2, 0.25) is 5.91 Å². The Morgan fingerprint density at radius 2 is 1.96 bits per heavy atom. The molecule has 0 unspecified atom stereocenters. The molecule has 3 rings (SSSR count). The Bertz CT molecular complexity index is 838. The van der Waals surface area contributed by atoms with Gasteiger partial charge in [0.1, 0.15) is 12.1 Å². The van der Waals surface area contributed by atoms with Crippen molar-refractivity contribution < 1.29 is 14.4 Å². The molecule has 1 spiro atoms. The van der Waals surface area contributed by atoms with E-state index in [0.29, 0.717) is 18.8 Å². The predicted octanol–water partition coefficient (Wildman–Crippen LogP) is 2.29. The van der Waals surface area contributed by atoms with E-state index in [1.807, 2.05) is 30.3 Å². The second-order valence-corrected chi connectivity index (χ2v) is 8.70. The lowest BCUT2D eigenvalue weighted by molar-refractivity contribution is -0.137. The molecule has 2 N–H and O–H groups in total. The van der Waals surface area contributed by atoms with Crippen LogP contribution in [0.25, 0.3) is 0 Å². The molecule has 4 amide bonds. The largest absolute Gasteiger partial charge is 0.344 e. The van der Waals surface area contributed by atoms with Gasteiger partial charge in [0.25, 0.3) is 5.91 Å². The van der Waals surface area contributed by atoms with Crippen molar-refractivity contribution in [3.05, 3.63) is 35.9 Å². The molecule has 0 bridgehead atoms. The van der Waals surface area contributed by atoms with Gasteiger partial charge in [0, 0.05) is 5.56 Å². The van der Waals surface area contributed by atoms with Crippen molar-refractivity contribution in [3.8, 4) is 11.8 Å². The lowest BCUT2D eigenvalue weighted by Gasteiger charge is -2.43. The summed E-state index contributed by atoms with van der Waals surface area (Å²) in [6, 6.07) is 8.97. The first kappa shape index (κ1) is 19.9. The number of carbonyl (C=O) groups is 3. The van der Waals surface area contributed by atoms with Gasteiger partial charge in [-0.1, -0.05) is 50.8 Å². The standard InChI is InChI=1S/C22H27N3O3/c1-16-12-21(2,3)15-22(13-16)19(27)25(20(28)24-22)14-18(26)23-11-7-10-17-8-5-4-6-9-17/h4-6,8-9,16H,11-15H2,1-3H3,(H,23,26)(H,24,28)/t16-,22+/m0/s1. The average molecular weight is 381 g/mol. The summed E-state index contributed by atoms with van der Waals surface area (Å²) in [5, 5.41) is 5.53. The second kappa shape index (κ2) is 7.67. The Balaban J connectivity index is 1.58. The highest BCUT2D eigenvalue weighted by atomic mass is 16.2. The molecule has 1 aromatic rings. The Hall–Kier alpha value is -2.81. The smallest absolute Gasteiger partial charge is 0.325 e. The minimum atomic E-state index is -0.883. The molecule has 2 fully saturated rings. The van der Waals surface area contributed by atoms with Gasteiger partial charge >= 0.3 is 6.03 Å². The summed E-state index contributed by atoms with van der Waals surface area (Å²) < 4.78 is 0. The van der Waals surface area contributed by atoms with Crippen molar-refractivity contribution >= 4 is 17.8 Å². The summed E-state index contributed by atoms with van der Waals surface area (Å²) in [7, 11) is 0. The van der Waals surface area contributed by atoms with Crippen molar-refractivity contribution in [1.29, 1.82) is 0 Å². The topological polar surface area (TPSA) is 78.5 Å². The van der Waals surface area contributed by atoms with Gasteiger partial charge in [-0.25, -0.2) is 4.79 Å². The van der Waals surface area contributed by atoms with Gasteiger partial charge in [-0.15, -0.1) is 0 Å². The number of carbonyl (C=O) groups excluding carboxylic acids is 3. The lowest BCUT2D eigenvalue weighted by atomic mass is 9.64. The molecule has 2 aliphatic rings. The molecule has 0 radical (unpaired) electrons. The third-order valence-corrected chi connectivity index (χ3v) is 5.31. The summed E-state index contributed by atoms with van der Waals surface area (Å²) >= 11 is 0. The summed E-state index contributed by atoms with van der Waals surface area (Å²) in [4.78, 5) is 38.7. The van der Waals surface area contributed by atoms with Crippen LogP contribution in [0.5, 0.6) is 0 Å². The highest BCUT2D eigenvalue weighted by molar-refractivity contribution is 6.09. The molecule has 0 aromatic heterocycles. The van der Waals surface area contributed by atoms with Crippen molar-refractivity contribution in [2.45, 2.75) is 45.6 Å². The van der Waals surface area contributed by atoms with Crippen molar-refractivity contribution in [1.82, 2.24) is 15.5 Å². The minimum absolute atomic E-state index is 0.0358. The minimum Gasteiger partial charge on any atom is -0.344 e. The van der Waals surface area contributed by atoms with E-state index < -0.39 is 17.5 Å². The third kappa shape index (κ3) is 4.36.